The number of thioether (sulfide) groups is 1. The Balaban J connectivity index is 1.52. The van der Waals surface area contributed by atoms with E-state index in [1.54, 1.807) is 0 Å². The van der Waals surface area contributed by atoms with Crippen molar-refractivity contribution in [3.8, 4) is 0 Å². The van der Waals surface area contributed by atoms with Crippen molar-refractivity contribution in [3.63, 3.8) is 0 Å². The normalized spacial score (nSPS) is 15.2. The van der Waals surface area contributed by atoms with Crippen molar-refractivity contribution in [2.45, 2.75) is 38.3 Å². The van der Waals surface area contributed by atoms with Crippen molar-refractivity contribution in [3.05, 3.63) is 57.5 Å². The van der Waals surface area contributed by atoms with Crippen LogP contribution in [0.4, 0.5) is 18.3 Å². The van der Waals surface area contributed by atoms with Crippen LogP contribution in [0.3, 0.4) is 0 Å². The molecule has 0 saturated carbocycles. The van der Waals surface area contributed by atoms with Crippen LogP contribution < -0.4 is 5.32 Å². The van der Waals surface area contributed by atoms with Crippen LogP contribution in [0.25, 0.3) is 4.91 Å². The minimum Gasteiger partial charge on any atom is -0.391 e. The highest BCUT2D eigenvalue weighted by atomic mass is 32.2. The molecule has 196 valence electrons. The van der Waals surface area contributed by atoms with Crippen molar-refractivity contribution in [1.82, 2.24) is 14.6 Å². The van der Waals surface area contributed by atoms with Gasteiger partial charge in [-0.15, -0.1) is 11.3 Å². The summed E-state index contributed by atoms with van der Waals surface area (Å²) in [5.41, 5.74) is 1.01. The Morgan fingerprint density at radius 1 is 1.31 bits per heavy atom. The molecule has 1 aliphatic heterocycles. The number of hydrogen-bond donors (Lipinski definition) is 3. The lowest BCUT2D eigenvalue weighted by atomic mass is 10.0. The molecule has 3 rings (SSSR count). The number of carbonyl (C=O) groups excluding carboxylic acids is 1. The first-order valence-electron chi connectivity index (χ1n) is 11.0. The van der Waals surface area contributed by atoms with E-state index >= 15 is 0 Å². The summed E-state index contributed by atoms with van der Waals surface area (Å²) in [5.74, 6) is -0.598. The predicted octanol–water partition coefficient (Wildman–Crippen LogP) is 6.12. The van der Waals surface area contributed by atoms with Crippen LogP contribution in [-0.2, 0) is 11.0 Å². The molecule has 0 radical (unpaired) electrons. The minimum absolute atomic E-state index is 0.0553. The number of nitrogens with one attached hydrogen (secondary N) is 1. The molecule has 0 unspecified atom stereocenters. The quantitative estimate of drug-likeness (QED) is 0.237. The highest BCUT2D eigenvalue weighted by molar-refractivity contribution is 8.11. The average molecular weight is 561 g/mol. The van der Waals surface area contributed by atoms with Gasteiger partial charge in [0, 0.05) is 45.1 Å². The van der Waals surface area contributed by atoms with Gasteiger partial charge in [0.15, 0.2) is 5.13 Å². The number of benzene rings is 1. The number of thiazole rings is 1. The highest BCUT2D eigenvalue weighted by Crippen LogP contribution is 2.38. The Kier molecular flexibility index (Phi) is 10.0. The highest BCUT2D eigenvalue weighted by Gasteiger charge is 2.37. The third-order valence-corrected chi connectivity index (χ3v) is 8.10. The molecule has 0 atom stereocenters. The Morgan fingerprint density at radius 3 is 2.53 bits per heavy atom. The van der Waals surface area contributed by atoms with E-state index < -0.39 is 11.7 Å². The number of allylic oxidation sites excluding steroid dienone is 2. The van der Waals surface area contributed by atoms with E-state index in [1.165, 1.54) is 40.2 Å². The van der Waals surface area contributed by atoms with Crippen molar-refractivity contribution < 1.29 is 28.3 Å². The molecule has 1 aromatic carbocycles. The second kappa shape index (κ2) is 12.6. The van der Waals surface area contributed by atoms with Crippen molar-refractivity contribution in [2.75, 3.05) is 25.0 Å². The summed E-state index contributed by atoms with van der Waals surface area (Å²) in [6.45, 7) is 6.39. The maximum absolute atomic E-state index is 12.7. The summed E-state index contributed by atoms with van der Waals surface area (Å²) < 4.78 is 38.9. The molecular formula is C23H27F3N4O3S3. The van der Waals surface area contributed by atoms with Crippen LogP contribution in [-0.4, -0.2) is 50.5 Å². The smallest absolute Gasteiger partial charge is 0.391 e. The second-order valence-electron chi connectivity index (χ2n) is 8.13. The van der Waals surface area contributed by atoms with Crippen molar-refractivity contribution in [2.24, 2.45) is 5.92 Å². The maximum Gasteiger partial charge on any atom is 0.416 e. The summed E-state index contributed by atoms with van der Waals surface area (Å²) in [5, 5.41) is 26.4. The van der Waals surface area contributed by atoms with Gasteiger partial charge in [-0.3, -0.25) is 10.0 Å². The molecule has 13 heteroatoms. The molecule has 1 saturated heterocycles. The molecule has 1 fully saturated rings. The van der Waals surface area contributed by atoms with Gasteiger partial charge in [0.1, 0.15) is 0 Å². The molecular weight excluding hydrogens is 533 g/mol. The standard InChI is InChI=1S/C23H27F3N4O3S3/c1-4-5-18(12-31)35-20(14(2)3)19-13-34-22(27-19)28-21(32)15-10-29(11-15)30(33)36-17-8-6-16(7-9-17)23(24,25)26/h5-9,13,15,31,33H,4,10-12H2,1-3H3,(H,27,28,32)/b18-5+. The lowest BCUT2D eigenvalue weighted by molar-refractivity contribution is -0.203. The first-order chi connectivity index (χ1) is 17.0. The molecule has 2 heterocycles. The van der Waals surface area contributed by atoms with Gasteiger partial charge < -0.3 is 10.4 Å². The van der Waals surface area contributed by atoms with Crippen molar-refractivity contribution in [1.29, 1.82) is 0 Å². The third-order valence-electron chi connectivity index (χ3n) is 5.09. The lowest BCUT2D eigenvalue weighted by Gasteiger charge is -2.40. The fourth-order valence-corrected chi connectivity index (χ4v) is 5.63. The molecule has 1 aliphatic rings. The summed E-state index contributed by atoms with van der Waals surface area (Å²) >= 11 is 3.62. The number of hydrazine groups is 1. The molecule has 36 heavy (non-hydrogen) atoms. The van der Waals surface area contributed by atoms with Gasteiger partial charge in [-0.25, -0.2) is 9.99 Å². The van der Waals surface area contributed by atoms with Gasteiger partial charge >= 0.3 is 6.18 Å². The molecule has 0 spiro atoms. The van der Waals surface area contributed by atoms with E-state index in [-0.39, 0.29) is 31.5 Å². The number of alkyl halides is 3. The number of amides is 1. The van der Waals surface area contributed by atoms with Gasteiger partial charge in [-0.2, -0.15) is 13.2 Å². The molecule has 0 aliphatic carbocycles. The number of anilines is 1. The van der Waals surface area contributed by atoms with E-state index in [1.807, 2.05) is 32.2 Å². The monoisotopic (exact) mass is 560 g/mol. The number of carbonyl (C=O) groups is 1. The topological polar surface area (TPSA) is 88.9 Å². The Morgan fingerprint density at radius 2 is 1.97 bits per heavy atom. The van der Waals surface area contributed by atoms with Crippen LogP contribution in [0.15, 0.2) is 51.1 Å². The molecule has 2 aromatic rings. The zero-order chi connectivity index (χ0) is 26.5. The van der Waals surface area contributed by atoms with Crippen LogP contribution >= 0.6 is 35.0 Å². The number of rotatable bonds is 10. The van der Waals surface area contributed by atoms with E-state index in [9.17, 15) is 28.3 Å². The van der Waals surface area contributed by atoms with Gasteiger partial charge in [0.25, 0.3) is 0 Å². The minimum atomic E-state index is -4.42. The number of aliphatic hydroxyl groups excluding tert-OH is 1. The SMILES string of the molecule is CC/C=C(\CO)SC(=C(C)C)c1csc(NC(=O)C2CN(N(O)Sc3ccc(C(F)(F)F)cc3)C2)n1. The molecule has 0 bridgehead atoms. The number of nitrogens with zero attached hydrogens (tertiary/aromatic N) is 3. The zero-order valence-corrected chi connectivity index (χ0v) is 22.3. The van der Waals surface area contributed by atoms with Crippen LogP contribution in [0.5, 0.6) is 0 Å². The first-order valence-corrected chi connectivity index (χ1v) is 13.5. The van der Waals surface area contributed by atoms with Gasteiger partial charge in [0.2, 0.25) is 5.91 Å². The number of aromatic nitrogens is 1. The Bertz CT molecular complexity index is 1110. The van der Waals surface area contributed by atoms with Crippen LogP contribution in [0, 0.1) is 5.92 Å². The molecule has 7 nitrogen and oxygen atoms in total. The summed E-state index contributed by atoms with van der Waals surface area (Å²) in [7, 11) is 0. The van der Waals surface area contributed by atoms with Crippen LogP contribution in [0.1, 0.15) is 38.4 Å². The number of halogens is 3. The Hall–Kier alpha value is -1.87. The lowest BCUT2D eigenvalue weighted by Crippen LogP contribution is -2.56. The third kappa shape index (κ3) is 7.57. The van der Waals surface area contributed by atoms with E-state index in [0.717, 1.165) is 56.2 Å². The van der Waals surface area contributed by atoms with E-state index in [4.69, 9.17) is 0 Å². The first kappa shape index (κ1) is 28.7. The second-order valence-corrected chi connectivity index (χ2v) is 11.1. The summed E-state index contributed by atoms with van der Waals surface area (Å²) in [6.07, 6.45) is -1.64. The number of hydrogen-bond acceptors (Lipinski definition) is 9. The van der Waals surface area contributed by atoms with E-state index in [2.05, 4.69) is 10.3 Å². The average Bonchev–Trinajstić information content (AvgIpc) is 3.22. The fourth-order valence-electron chi connectivity index (χ4n) is 3.17. The predicted molar refractivity (Wildman–Crippen MR) is 138 cm³/mol. The largest absolute Gasteiger partial charge is 0.416 e. The fraction of sp³-hybridized carbons (Fsp3) is 0.391. The number of aliphatic hydroxyl groups is 1. The van der Waals surface area contributed by atoms with Gasteiger partial charge in [0.05, 0.1) is 23.8 Å². The maximum atomic E-state index is 12.7. The molecule has 1 aromatic heterocycles. The molecule has 1 amide bonds. The van der Waals surface area contributed by atoms with Gasteiger partial charge in [-0.05, 0) is 44.5 Å². The zero-order valence-electron chi connectivity index (χ0n) is 19.9. The summed E-state index contributed by atoms with van der Waals surface area (Å²) in [4.78, 5) is 19.4. The summed E-state index contributed by atoms with van der Waals surface area (Å²) in [6, 6.07) is 4.46. The van der Waals surface area contributed by atoms with Crippen LogP contribution in [0.2, 0.25) is 0 Å². The van der Waals surface area contributed by atoms with Crippen molar-refractivity contribution >= 4 is 51.0 Å². The van der Waals surface area contributed by atoms with Gasteiger partial charge in [-0.1, -0.05) is 34.9 Å². The van der Waals surface area contributed by atoms with E-state index in [0.29, 0.717) is 10.0 Å². The molecule has 3 N–H and O–H groups in total. The Labute approximate surface area is 220 Å².